The number of ketones is 1. The summed E-state index contributed by atoms with van der Waals surface area (Å²) in [7, 11) is 1.62. The van der Waals surface area contributed by atoms with E-state index < -0.39 is 0 Å². The van der Waals surface area contributed by atoms with Crippen molar-refractivity contribution in [2.24, 2.45) is 11.7 Å². The predicted molar refractivity (Wildman–Crippen MR) is 42.2 cm³/mol. The molecule has 1 rings (SSSR count). The average molecular weight is 157 g/mol. The first kappa shape index (κ1) is 8.68. The second-order valence-corrected chi connectivity index (χ2v) is 3.06. The van der Waals surface area contributed by atoms with E-state index in [1.807, 2.05) is 0 Å². The van der Waals surface area contributed by atoms with Crippen molar-refractivity contribution in [3.8, 4) is 0 Å². The van der Waals surface area contributed by atoms with Crippen LogP contribution in [-0.4, -0.2) is 25.5 Å². The second-order valence-electron chi connectivity index (χ2n) is 3.06. The third-order valence-electron chi connectivity index (χ3n) is 1.98. The Morgan fingerprint density at radius 1 is 1.73 bits per heavy atom. The molecule has 64 valence electrons. The van der Waals surface area contributed by atoms with Crippen LogP contribution in [0.5, 0.6) is 0 Å². The summed E-state index contributed by atoms with van der Waals surface area (Å²) in [6.45, 7) is 0.583. The number of Topliss-reactive ketones (excluding diaryl/α,β-unsaturated/α-hetero) is 1. The van der Waals surface area contributed by atoms with Crippen LogP contribution < -0.4 is 5.73 Å². The van der Waals surface area contributed by atoms with Crippen molar-refractivity contribution in [1.82, 2.24) is 0 Å². The SMILES string of the molecule is COCCC(N)C(=O)C1CC1. The number of rotatable bonds is 5. The lowest BCUT2D eigenvalue weighted by atomic mass is 10.1. The van der Waals surface area contributed by atoms with E-state index in [0.29, 0.717) is 13.0 Å². The first-order chi connectivity index (χ1) is 5.25. The van der Waals surface area contributed by atoms with Crippen LogP contribution in [-0.2, 0) is 9.53 Å². The van der Waals surface area contributed by atoms with Crippen LogP contribution in [0.1, 0.15) is 19.3 Å². The number of ether oxygens (including phenoxy) is 1. The fraction of sp³-hybridized carbons (Fsp3) is 0.875. The minimum atomic E-state index is -0.289. The van der Waals surface area contributed by atoms with Crippen molar-refractivity contribution >= 4 is 5.78 Å². The fourth-order valence-electron chi connectivity index (χ4n) is 1.06. The highest BCUT2D eigenvalue weighted by molar-refractivity contribution is 5.87. The quantitative estimate of drug-likeness (QED) is 0.625. The Hall–Kier alpha value is -0.410. The molecule has 1 atom stereocenters. The number of methoxy groups -OCH3 is 1. The second kappa shape index (κ2) is 3.83. The fourth-order valence-corrected chi connectivity index (χ4v) is 1.06. The zero-order chi connectivity index (χ0) is 8.27. The van der Waals surface area contributed by atoms with Crippen molar-refractivity contribution in [2.75, 3.05) is 13.7 Å². The van der Waals surface area contributed by atoms with Gasteiger partial charge in [-0.3, -0.25) is 4.79 Å². The summed E-state index contributed by atoms with van der Waals surface area (Å²) in [6.07, 6.45) is 2.74. The molecule has 0 aromatic rings. The Morgan fingerprint density at radius 3 is 2.82 bits per heavy atom. The summed E-state index contributed by atoms with van der Waals surface area (Å²) < 4.78 is 4.83. The minimum Gasteiger partial charge on any atom is -0.385 e. The van der Waals surface area contributed by atoms with Crippen LogP contribution in [0.25, 0.3) is 0 Å². The summed E-state index contributed by atoms with van der Waals surface area (Å²) in [4.78, 5) is 11.2. The zero-order valence-corrected chi connectivity index (χ0v) is 6.88. The zero-order valence-electron chi connectivity index (χ0n) is 6.88. The Morgan fingerprint density at radius 2 is 2.36 bits per heavy atom. The summed E-state index contributed by atoms with van der Waals surface area (Å²) in [5.41, 5.74) is 5.61. The van der Waals surface area contributed by atoms with E-state index in [4.69, 9.17) is 10.5 Å². The Labute approximate surface area is 66.9 Å². The Balaban J connectivity index is 2.16. The van der Waals surface area contributed by atoms with Gasteiger partial charge in [-0.2, -0.15) is 0 Å². The van der Waals surface area contributed by atoms with Crippen molar-refractivity contribution < 1.29 is 9.53 Å². The summed E-state index contributed by atoms with van der Waals surface area (Å²) in [6, 6.07) is -0.289. The normalized spacial score (nSPS) is 19.8. The van der Waals surface area contributed by atoms with Gasteiger partial charge in [-0.05, 0) is 19.3 Å². The molecule has 0 saturated heterocycles. The predicted octanol–water partition coefficient (Wildman–Crippen LogP) is 0.329. The number of hydrogen-bond acceptors (Lipinski definition) is 3. The molecule has 0 aliphatic heterocycles. The van der Waals surface area contributed by atoms with Crippen LogP contribution in [0.2, 0.25) is 0 Å². The molecular weight excluding hydrogens is 142 g/mol. The highest BCUT2D eigenvalue weighted by atomic mass is 16.5. The highest BCUT2D eigenvalue weighted by Gasteiger charge is 2.32. The van der Waals surface area contributed by atoms with Crippen LogP contribution in [0.3, 0.4) is 0 Å². The van der Waals surface area contributed by atoms with Gasteiger partial charge in [-0.25, -0.2) is 0 Å². The molecule has 0 bridgehead atoms. The van der Waals surface area contributed by atoms with Gasteiger partial charge in [-0.1, -0.05) is 0 Å². The minimum absolute atomic E-state index is 0.224. The largest absolute Gasteiger partial charge is 0.385 e. The Bertz CT molecular complexity index is 143. The lowest BCUT2D eigenvalue weighted by Crippen LogP contribution is -2.32. The van der Waals surface area contributed by atoms with Crippen molar-refractivity contribution in [3.63, 3.8) is 0 Å². The van der Waals surface area contributed by atoms with Gasteiger partial charge in [0, 0.05) is 19.6 Å². The molecule has 1 saturated carbocycles. The topological polar surface area (TPSA) is 52.3 Å². The molecule has 1 fully saturated rings. The molecule has 11 heavy (non-hydrogen) atoms. The molecule has 1 aliphatic carbocycles. The van der Waals surface area contributed by atoms with E-state index in [0.717, 1.165) is 12.8 Å². The molecule has 0 amide bonds. The molecule has 0 heterocycles. The average Bonchev–Trinajstić information content (AvgIpc) is 2.81. The maximum Gasteiger partial charge on any atom is 0.152 e. The lowest BCUT2D eigenvalue weighted by molar-refractivity contribution is -0.121. The number of carbonyl (C=O) groups is 1. The van der Waals surface area contributed by atoms with Gasteiger partial charge in [0.25, 0.3) is 0 Å². The van der Waals surface area contributed by atoms with Gasteiger partial charge in [0.15, 0.2) is 5.78 Å². The first-order valence-electron chi connectivity index (χ1n) is 4.04. The van der Waals surface area contributed by atoms with E-state index in [-0.39, 0.29) is 17.7 Å². The molecular formula is C8H15NO2. The van der Waals surface area contributed by atoms with Crippen LogP contribution in [0.15, 0.2) is 0 Å². The summed E-state index contributed by atoms with van der Waals surface area (Å²) in [5.74, 6) is 0.504. The van der Waals surface area contributed by atoms with Crippen molar-refractivity contribution in [3.05, 3.63) is 0 Å². The molecule has 0 aromatic carbocycles. The smallest absolute Gasteiger partial charge is 0.152 e. The van der Waals surface area contributed by atoms with Gasteiger partial charge in [0.1, 0.15) is 0 Å². The third-order valence-corrected chi connectivity index (χ3v) is 1.98. The third kappa shape index (κ3) is 2.60. The number of carbonyl (C=O) groups excluding carboxylic acids is 1. The molecule has 2 N–H and O–H groups in total. The number of hydrogen-bond donors (Lipinski definition) is 1. The monoisotopic (exact) mass is 157 g/mol. The molecule has 0 aromatic heterocycles. The molecule has 0 radical (unpaired) electrons. The van der Waals surface area contributed by atoms with Crippen molar-refractivity contribution in [2.45, 2.75) is 25.3 Å². The van der Waals surface area contributed by atoms with E-state index >= 15 is 0 Å². The van der Waals surface area contributed by atoms with E-state index in [2.05, 4.69) is 0 Å². The molecule has 1 unspecified atom stereocenters. The van der Waals surface area contributed by atoms with Crippen molar-refractivity contribution in [1.29, 1.82) is 0 Å². The maximum atomic E-state index is 11.2. The highest BCUT2D eigenvalue weighted by Crippen LogP contribution is 2.30. The van der Waals surface area contributed by atoms with Crippen LogP contribution in [0, 0.1) is 5.92 Å². The van der Waals surface area contributed by atoms with Crippen LogP contribution >= 0.6 is 0 Å². The van der Waals surface area contributed by atoms with Gasteiger partial charge in [0.2, 0.25) is 0 Å². The van der Waals surface area contributed by atoms with Gasteiger partial charge >= 0.3 is 0 Å². The van der Waals surface area contributed by atoms with Gasteiger partial charge in [0.05, 0.1) is 6.04 Å². The standard InChI is InChI=1S/C8H15NO2/c1-11-5-4-7(9)8(10)6-2-3-6/h6-7H,2-5,9H2,1H3. The Kier molecular flexibility index (Phi) is 3.02. The maximum absolute atomic E-state index is 11.2. The molecule has 1 aliphatic rings. The van der Waals surface area contributed by atoms with E-state index in [9.17, 15) is 4.79 Å². The lowest BCUT2D eigenvalue weighted by Gasteiger charge is -2.07. The van der Waals surface area contributed by atoms with E-state index in [1.54, 1.807) is 7.11 Å². The molecule has 0 spiro atoms. The van der Waals surface area contributed by atoms with Crippen LogP contribution in [0.4, 0.5) is 0 Å². The summed E-state index contributed by atoms with van der Waals surface area (Å²) in [5, 5.41) is 0. The number of nitrogens with two attached hydrogens (primary N) is 1. The first-order valence-corrected chi connectivity index (χ1v) is 4.04. The molecule has 3 nitrogen and oxygen atoms in total. The van der Waals surface area contributed by atoms with Gasteiger partial charge in [-0.15, -0.1) is 0 Å². The van der Waals surface area contributed by atoms with E-state index in [1.165, 1.54) is 0 Å². The summed E-state index contributed by atoms with van der Waals surface area (Å²) >= 11 is 0. The van der Waals surface area contributed by atoms with Gasteiger partial charge < -0.3 is 10.5 Å². The molecule has 3 heteroatoms.